The standard InChI is InChI=1S/C24H25NO6/c1-15-5-3-4-12-25(15)13-19-20(26)11-10-18-22(27)21(14-30-23(18)19)31-17-8-6-16(7-9-17)24(28)29-2/h6-11,14-15,26H,3-5,12-13H2,1-2H3. The van der Waals surface area contributed by atoms with Gasteiger partial charge in [0.15, 0.2) is 0 Å². The third kappa shape index (κ3) is 4.27. The predicted molar refractivity (Wildman–Crippen MR) is 113 cm³/mol. The minimum Gasteiger partial charge on any atom is -0.872 e. The van der Waals surface area contributed by atoms with Gasteiger partial charge in [-0.15, -0.1) is 0 Å². The Hall–Kier alpha value is -3.32. The molecule has 0 saturated carbocycles. The van der Waals surface area contributed by atoms with Crippen LogP contribution in [0.5, 0.6) is 17.2 Å². The highest BCUT2D eigenvalue weighted by molar-refractivity contribution is 5.89. The maximum absolute atomic E-state index is 13.0. The lowest BCUT2D eigenvalue weighted by Gasteiger charge is -2.31. The van der Waals surface area contributed by atoms with Crippen LogP contribution in [-0.2, 0) is 11.3 Å². The van der Waals surface area contributed by atoms with Gasteiger partial charge in [-0.05, 0) is 56.5 Å². The number of piperidine rings is 1. The number of likely N-dealkylation sites (tertiary alicyclic amines) is 1. The SMILES string of the molecule is COC(=O)c1ccc(Oc2coc3c(C[NH+]4CCCCC4C)c([O-])ccc3c2=O)cc1. The number of quaternary nitrogens is 1. The third-order valence-corrected chi connectivity index (χ3v) is 5.96. The van der Waals surface area contributed by atoms with E-state index >= 15 is 0 Å². The summed E-state index contributed by atoms with van der Waals surface area (Å²) in [6.45, 7) is 3.73. The van der Waals surface area contributed by atoms with Gasteiger partial charge in [-0.1, -0.05) is 11.8 Å². The lowest BCUT2D eigenvalue weighted by Crippen LogP contribution is -3.14. The highest BCUT2D eigenvalue weighted by atomic mass is 16.5. The van der Waals surface area contributed by atoms with Gasteiger partial charge < -0.3 is 23.9 Å². The quantitative estimate of drug-likeness (QED) is 0.634. The third-order valence-electron chi connectivity index (χ3n) is 5.96. The first-order chi connectivity index (χ1) is 15.0. The molecule has 1 N–H and O–H groups in total. The first-order valence-corrected chi connectivity index (χ1v) is 10.4. The van der Waals surface area contributed by atoms with E-state index in [1.54, 1.807) is 24.3 Å². The van der Waals surface area contributed by atoms with Crippen LogP contribution in [0.15, 0.2) is 51.9 Å². The second-order valence-corrected chi connectivity index (χ2v) is 7.95. The summed E-state index contributed by atoms with van der Waals surface area (Å²) in [5.74, 6) is -0.177. The van der Waals surface area contributed by atoms with Gasteiger partial charge in [0.1, 0.15) is 24.1 Å². The summed E-state index contributed by atoms with van der Waals surface area (Å²) in [4.78, 5) is 25.9. The Morgan fingerprint density at radius 2 is 1.97 bits per heavy atom. The number of fused-ring (bicyclic) bond motifs is 1. The van der Waals surface area contributed by atoms with Gasteiger partial charge in [0.2, 0.25) is 11.2 Å². The number of esters is 1. The smallest absolute Gasteiger partial charge is 0.337 e. The Balaban J connectivity index is 1.64. The van der Waals surface area contributed by atoms with Crippen molar-refractivity contribution in [2.75, 3.05) is 13.7 Å². The Kier molecular flexibility index (Phi) is 5.95. The number of methoxy groups -OCH3 is 1. The van der Waals surface area contributed by atoms with Crippen molar-refractivity contribution in [1.29, 1.82) is 0 Å². The van der Waals surface area contributed by atoms with Crippen molar-refractivity contribution in [3.05, 3.63) is 64.0 Å². The van der Waals surface area contributed by atoms with Crippen molar-refractivity contribution < 1.29 is 28.7 Å². The minimum atomic E-state index is -0.456. The molecule has 2 unspecified atom stereocenters. The summed E-state index contributed by atoms with van der Waals surface area (Å²) >= 11 is 0. The molecule has 2 heterocycles. The summed E-state index contributed by atoms with van der Waals surface area (Å²) in [5, 5.41) is 12.9. The molecule has 1 fully saturated rings. The lowest BCUT2D eigenvalue weighted by atomic mass is 10.0. The van der Waals surface area contributed by atoms with E-state index in [0.717, 1.165) is 19.4 Å². The maximum atomic E-state index is 13.0. The molecule has 0 spiro atoms. The number of hydrogen-bond donors (Lipinski definition) is 1. The zero-order valence-electron chi connectivity index (χ0n) is 17.6. The van der Waals surface area contributed by atoms with Gasteiger partial charge in [0.25, 0.3) is 0 Å². The molecule has 0 aliphatic carbocycles. The van der Waals surface area contributed by atoms with Crippen LogP contribution in [-0.4, -0.2) is 25.7 Å². The molecular formula is C24H25NO6. The molecule has 1 aliphatic heterocycles. The molecule has 31 heavy (non-hydrogen) atoms. The van der Waals surface area contributed by atoms with E-state index in [2.05, 4.69) is 11.7 Å². The summed E-state index contributed by atoms with van der Waals surface area (Å²) in [6, 6.07) is 9.63. The molecule has 3 aromatic rings. The van der Waals surface area contributed by atoms with Crippen LogP contribution in [0, 0.1) is 0 Å². The van der Waals surface area contributed by atoms with Gasteiger partial charge in [-0.25, -0.2) is 4.79 Å². The normalized spacial score (nSPS) is 18.6. The van der Waals surface area contributed by atoms with Crippen molar-refractivity contribution in [1.82, 2.24) is 0 Å². The van der Waals surface area contributed by atoms with Gasteiger partial charge in [0.05, 0.1) is 30.6 Å². The molecule has 0 amide bonds. The largest absolute Gasteiger partial charge is 0.872 e. The Labute approximate surface area is 179 Å². The van der Waals surface area contributed by atoms with Crippen molar-refractivity contribution in [3.8, 4) is 17.2 Å². The zero-order valence-corrected chi connectivity index (χ0v) is 17.6. The molecule has 7 heteroatoms. The van der Waals surface area contributed by atoms with Gasteiger partial charge in [-0.2, -0.15) is 0 Å². The number of hydrogen-bond acceptors (Lipinski definition) is 6. The Morgan fingerprint density at radius 1 is 1.19 bits per heavy atom. The van der Waals surface area contributed by atoms with Crippen molar-refractivity contribution in [3.63, 3.8) is 0 Å². The van der Waals surface area contributed by atoms with E-state index in [0.29, 0.717) is 40.4 Å². The van der Waals surface area contributed by atoms with Crippen LogP contribution in [0.2, 0.25) is 0 Å². The molecule has 0 radical (unpaired) electrons. The number of benzene rings is 2. The van der Waals surface area contributed by atoms with Crippen LogP contribution in [0.4, 0.5) is 0 Å². The van der Waals surface area contributed by atoms with Crippen molar-refractivity contribution in [2.24, 2.45) is 0 Å². The molecule has 1 aliphatic rings. The molecular weight excluding hydrogens is 398 g/mol. The van der Waals surface area contributed by atoms with Crippen LogP contribution in [0.3, 0.4) is 0 Å². The predicted octanol–water partition coefficient (Wildman–Crippen LogP) is 2.40. The molecule has 2 atom stereocenters. The fourth-order valence-electron chi connectivity index (χ4n) is 4.11. The Bertz CT molecular complexity index is 1150. The highest BCUT2D eigenvalue weighted by Gasteiger charge is 2.24. The van der Waals surface area contributed by atoms with Crippen LogP contribution >= 0.6 is 0 Å². The second kappa shape index (κ2) is 8.81. The number of rotatable bonds is 5. The molecule has 162 valence electrons. The number of carbonyl (C=O) groups is 1. The first-order valence-electron chi connectivity index (χ1n) is 10.4. The first kappa shape index (κ1) is 20.9. The Morgan fingerprint density at radius 3 is 2.68 bits per heavy atom. The van der Waals surface area contributed by atoms with Crippen LogP contribution in [0.25, 0.3) is 11.0 Å². The monoisotopic (exact) mass is 423 g/mol. The zero-order chi connectivity index (χ0) is 22.0. The average Bonchev–Trinajstić information content (AvgIpc) is 2.78. The van der Waals surface area contributed by atoms with Gasteiger partial charge in [0, 0.05) is 5.56 Å². The summed E-state index contributed by atoms with van der Waals surface area (Å²) in [6.07, 6.45) is 4.72. The van der Waals surface area contributed by atoms with E-state index < -0.39 is 5.97 Å². The summed E-state index contributed by atoms with van der Waals surface area (Å²) < 4.78 is 16.1. The lowest BCUT2D eigenvalue weighted by molar-refractivity contribution is -0.941. The van der Waals surface area contributed by atoms with E-state index in [9.17, 15) is 14.7 Å². The fourth-order valence-corrected chi connectivity index (χ4v) is 4.11. The fraction of sp³-hybridized carbons (Fsp3) is 0.333. The summed E-state index contributed by atoms with van der Waals surface area (Å²) in [7, 11) is 1.31. The molecule has 1 saturated heterocycles. The summed E-state index contributed by atoms with van der Waals surface area (Å²) in [5.41, 5.74) is 0.896. The van der Waals surface area contributed by atoms with Gasteiger partial charge in [-0.3, -0.25) is 4.79 Å². The minimum absolute atomic E-state index is 0.0154. The molecule has 0 bridgehead atoms. The van der Waals surface area contributed by atoms with Crippen LogP contribution < -0.4 is 20.2 Å². The van der Waals surface area contributed by atoms with Crippen molar-refractivity contribution in [2.45, 2.75) is 38.8 Å². The van der Waals surface area contributed by atoms with E-state index in [-0.39, 0.29) is 16.9 Å². The maximum Gasteiger partial charge on any atom is 0.337 e. The molecule has 4 rings (SSSR count). The topological polar surface area (TPSA) is 93.2 Å². The average molecular weight is 423 g/mol. The number of nitrogens with one attached hydrogen (secondary N) is 1. The molecule has 7 nitrogen and oxygen atoms in total. The van der Waals surface area contributed by atoms with E-state index in [1.165, 1.54) is 36.8 Å². The number of ether oxygens (including phenoxy) is 2. The molecule has 2 aromatic carbocycles. The van der Waals surface area contributed by atoms with E-state index in [4.69, 9.17) is 9.15 Å². The number of carbonyl (C=O) groups excluding carboxylic acids is 1. The molecule has 1 aromatic heterocycles. The second-order valence-electron chi connectivity index (χ2n) is 7.95. The van der Waals surface area contributed by atoms with E-state index in [1.807, 2.05) is 0 Å². The van der Waals surface area contributed by atoms with Gasteiger partial charge >= 0.3 is 5.97 Å². The van der Waals surface area contributed by atoms with Crippen LogP contribution in [0.1, 0.15) is 42.1 Å². The van der Waals surface area contributed by atoms with Crippen molar-refractivity contribution >= 4 is 16.9 Å². The highest BCUT2D eigenvalue weighted by Crippen LogP contribution is 2.27.